The van der Waals surface area contributed by atoms with Crippen LogP contribution in [-0.2, 0) is 43.2 Å². The molecular formula is C20H32N10O11-2. The average molecular weight is 589 g/mol. The summed E-state index contributed by atoms with van der Waals surface area (Å²) in [7, 11) is 0. The molecule has 0 aromatic heterocycles. The van der Waals surface area contributed by atoms with Gasteiger partial charge in [0, 0.05) is 19.4 Å². The number of amides is 7. The normalized spacial score (nSPS) is 12.4. The average Bonchev–Trinajstić information content (AvgIpc) is 2.94. The number of carbonyl (C=O) groups excluding carboxylic acids is 9. The second-order valence-corrected chi connectivity index (χ2v) is 8.20. The van der Waals surface area contributed by atoms with E-state index in [1.54, 1.807) is 5.43 Å². The summed E-state index contributed by atoms with van der Waals surface area (Å²) in [5.41, 5.74) is 5.44. The van der Waals surface area contributed by atoms with Gasteiger partial charge in [0.25, 0.3) is 17.7 Å². The van der Waals surface area contributed by atoms with Crippen molar-refractivity contribution >= 4 is 53.3 Å². The molecule has 0 aliphatic heterocycles. The van der Waals surface area contributed by atoms with Crippen LogP contribution >= 0.6 is 0 Å². The lowest BCUT2D eigenvalue weighted by Crippen LogP contribution is -2.58. The molecule has 0 spiro atoms. The van der Waals surface area contributed by atoms with Crippen LogP contribution in [0.15, 0.2) is 0 Å². The van der Waals surface area contributed by atoms with E-state index in [1.807, 2.05) is 21.5 Å². The zero-order valence-corrected chi connectivity index (χ0v) is 21.6. The number of nitrogens with one attached hydrogen (secondary N) is 7. The monoisotopic (exact) mass is 588 g/mol. The summed E-state index contributed by atoms with van der Waals surface area (Å²) >= 11 is 0. The van der Waals surface area contributed by atoms with Gasteiger partial charge < -0.3 is 41.1 Å². The molecule has 0 saturated heterocycles. The van der Waals surface area contributed by atoms with E-state index in [0.717, 1.165) is 0 Å². The third-order valence-electron chi connectivity index (χ3n) is 5.25. The van der Waals surface area contributed by atoms with Crippen molar-refractivity contribution in [1.29, 1.82) is 0 Å². The number of hydrogen-bond donors (Lipinski definition) is 10. The molecule has 0 fully saturated rings. The minimum atomic E-state index is -2.17. The number of carbonyl (C=O) groups is 9. The molecule has 230 valence electrons. The van der Waals surface area contributed by atoms with Gasteiger partial charge in [-0.05, 0) is 32.1 Å². The Labute approximate surface area is 231 Å². The van der Waals surface area contributed by atoms with Crippen LogP contribution in [-0.4, -0.2) is 78.0 Å². The lowest BCUT2D eigenvalue weighted by atomic mass is 10.0. The van der Waals surface area contributed by atoms with Crippen molar-refractivity contribution in [3.05, 3.63) is 0 Å². The molecule has 0 saturated carbocycles. The summed E-state index contributed by atoms with van der Waals surface area (Å²) in [6.45, 7) is -0.165. The molecule has 21 nitrogen and oxygen atoms in total. The van der Waals surface area contributed by atoms with Crippen molar-refractivity contribution in [1.82, 2.24) is 37.5 Å². The number of unbranched alkanes of at least 4 members (excludes halogenated alkanes) is 1. The largest absolute Gasteiger partial charge is 0.540 e. The van der Waals surface area contributed by atoms with E-state index in [-0.39, 0.29) is 38.6 Å². The molecule has 0 aromatic rings. The number of hydrogen-bond acceptors (Lipinski definition) is 14. The van der Waals surface area contributed by atoms with Crippen LogP contribution in [0.2, 0.25) is 0 Å². The van der Waals surface area contributed by atoms with Crippen molar-refractivity contribution in [2.45, 2.75) is 63.1 Å². The van der Waals surface area contributed by atoms with E-state index in [4.69, 9.17) is 17.5 Å². The first-order chi connectivity index (χ1) is 19.3. The van der Waals surface area contributed by atoms with Crippen molar-refractivity contribution in [3.8, 4) is 0 Å². The first-order valence-corrected chi connectivity index (χ1v) is 11.9. The molecule has 0 aliphatic carbocycles. The molecule has 0 unspecified atom stereocenters. The Morgan fingerprint density at radius 2 is 0.976 bits per heavy atom. The van der Waals surface area contributed by atoms with Crippen LogP contribution in [0.25, 0.3) is 0 Å². The van der Waals surface area contributed by atoms with Gasteiger partial charge in [-0.15, -0.1) is 0 Å². The quantitative estimate of drug-likeness (QED) is 0.0248. The fourth-order valence-corrected chi connectivity index (χ4v) is 3.11. The molecule has 13 N–H and O–H groups in total. The van der Waals surface area contributed by atoms with Crippen molar-refractivity contribution < 1.29 is 53.4 Å². The maximum atomic E-state index is 13.0. The molecule has 0 aromatic carbocycles. The molecule has 3 atom stereocenters. The fraction of sp³-hybridized carbons (Fsp3) is 0.550. The molecule has 41 heavy (non-hydrogen) atoms. The van der Waals surface area contributed by atoms with E-state index >= 15 is 0 Å². The maximum absolute atomic E-state index is 13.0. The van der Waals surface area contributed by atoms with Crippen LogP contribution in [0.3, 0.4) is 0 Å². The predicted molar refractivity (Wildman–Crippen MR) is 128 cm³/mol. The summed E-state index contributed by atoms with van der Waals surface area (Å²) in [4.78, 5) is 105. The lowest BCUT2D eigenvalue weighted by Gasteiger charge is -2.25. The second-order valence-electron chi connectivity index (χ2n) is 8.20. The Hall–Kier alpha value is -4.89. The molecule has 21 heteroatoms. The Kier molecular flexibility index (Phi) is 16.9. The van der Waals surface area contributed by atoms with Crippen LogP contribution in [0, 0.1) is 0 Å². The lowest BCUT2D eigenvalue weighted by molar-refractivity contribution is -0.301. The number of hydrazine groups is 3. The van der Waals surface area contributed by atoms with Gasteiger partial charge in [0.05, 0.1) is 0 Å². The molecule has 0 aliphatic rings. The van der Waals surface area contributed by atoms with E-state index in [0.29, 0.717) is 0 Å². The molecular weight excluding hydrogens is 556 g/mol. The summed E-state index contributed by atoms with van der Waals surface area (Å²) in [6, 6.07) is -4.52. The van der Waals surface area contributed by atoms with Crippen LogP contribution in [0.4, 0.5) is 0 Å². The van der Waals surface area contributed by atoms with E-state index in [1.165, 1.54) is 0 Å². The highest BCUT2D eigenvalue weighted by molar-refractivity contribution is 6.31. The summed E-state index contributed by atoms with van der Waals surface area (Å²) in [6.07, 6.45) is -1.54. The number of nitrogens with two attached hydrogens (primary N) is 3. The number of rotatable bonds is 17. The molecule has 7 amide bonds. The minimum absolute atomic E-state index is 0.0349. The zero-order chi connectivity index (χ0) is 31.5. The van der Waals surface area contributed by atoms with Crippen molar-refractivity contribution in [3.63, 3.8) is 0 Å². The Morgan fingerprint density at radius 3 is 1.39 bits per heavy atom. The van der Waals surface area contributed by atoms with Gasteiger partial charge in [-0.25, -0.2) is 17.5 Å². The van der Waals surface area contributed by atoms with Gasteiger partial charge >= 0.3 is 0 Å². The van der Waals surface area contributed by atoms with Gasteiger partial charge in [0.1, 0.15) is 30.1 Å². The first kappa shape index (κ1) is 36.1. The van der Waals surface area contributed by atoms with E-state index < -0.39 is 84.3 Å². The third kappa shape index (κ3) is 14.7. The van der Waals surface area contributed by atoms with Crippen LogP contribution in [0.5, 0.6) is 0 Å². The Bertz CT molecular complexity index is 1010. The topological polar surface area (TPSA) is 362 Å². The molecule has 0 heterocycles. The van der Waals surface area contributed by atoms with Gasteiger partial charge in [0.15, 0.2) is 0 Å². The summed E-state index contributed by atoms with van der Waals surface area (Å²) in [5, 5.41) is 29.7. The second kappa shape index (κ2) is 19.2. The number of aliphatic carboxylic acids is 2. The molecule has 0 radical (unpaired) electrons. The number of carboxylic acid groups (broad SMARTS) is 2. The first-order valence-electron chi connectivity index (χ1n) is 11.9. The SMILES string of the molecule is NNC(=O)CC[C@H](NC(=O)[C@H](CCC(=O)NN)NC(=O)[C@H](CCCCNC(=O)C(=O)[O-])NC(=O)C(=O)[O-])C(=O)NN. The highest BCUT2D eigenvalue weighted by Gasteiger charge is 2.30. The highest BCUT2D eigenvalue weighted by atomic mass is 16.4. The molecule has 0 bridgehead atoms. The minimum Gasteiger partial charge on any atom is -0.540 e. The standard InChI is InChI=1S/C20H34N10O11/c21-28-12(31)6-4-10(15(34)26-11(16(35)30-23)5-7-13(32)29-22)25-14(33)9(27-18(37)20(40)41)3-1-2-8-24-17(36)19(38)39/h9-11H,1-8,21-23H2,(H,24,36)(H,25,33)(H,26,34)(H,27,37)(H,28,31)(H,29,32)(H,30,35)(H,38,39)(H,40,41)/p-2/t9-,10-,11-/m0/s1. The van der Waals surface area contributed by atoms with Crippen LogP contribution < -0.4 is 65.3 Å². The zero-order valence-electron chi connectivity index (χ0n) is 21.6. The van der Waals surface area contributed by atoms with Gasteiger partial charge in [-0.1, -0.05) is 0 Å². The van der Waals surface area contributed by atoms with Crippen molar-refractivity contribution in [2.75, 3.05) is 6.54 Å². The summed E-state index contributed by atoms with van der Waals surface area (Å²) in [5.74, 6) is 3.48. The fourth-order valence-electron chi connectivity index (χ4n) is 3.11. The third-order valence-corrected chi connectivity index (χ3v) is 5.25. The highest BCUT2D eigenvalue weighted by Crippen LogP contribution is 2.06. The van der Waals surface area contributed by atoms with Crippen molar-refractivity contribution in [2.24, 2.45) is 17.5 Å². The van der Waals surface area contributed by atoms with E-state index in [9.17, 15) is 53.4 Å². The summed E-state index contributed by atoms with van der Waals surface area (Å²) < 4.78 is 0. The smallest absolute Gasteiger partial charge is 0.267 e. The van der Waals surface area contributed by atoms with Gasteiger partial charge in [-0.2, -0.15) is 0 Å². The van der Waals surface area contributed by atoms with Gasteiger partial charge in [0.2, 0.25) is 23.6 Å². The Morgan fingerprint density at radius 1 is 0.537 bits per heavy atom. The maximum Gasteiger partial charge on any atom is 0.267 e. The van der Waals surface area contributed by atoms with Gasteiger partial charge in [-0.3, -0.25) is 49.8 Å². The molecule has 0 rings (SSSR count). The predicted octanol–water partition coefficient (Wildman–Crippen LogP) is -9.24. The van der Waals surface area contributed by atoms with Crippen LogP contribution in [0.1, 0.15) is 44.9 Å². The Balaban J connectivity index is 5.69. The number of carboxylic acids is 2. The van der Waals surface area contributed by atoms with E-state index in [2.05, 4.69) is 10.6 Å².